The Morgan fingerprint density at radius 3 is 1.10 bits per heavy atom. The molecule has 72 heavy (non-hydrogen) atoms. The molecule has 0 saturated heterocycles. The third-order valence-corrected chi connectivity index (χ3v) is 15.1. The Balaban J connectivity index is 1.07. The van der Waals surface area contributed by atoms with E-state index >= 15 is 0 Å². The minimum atomic E-state index is 0.868. The zero-order chi connectivity index (χ0) is 48.2. The van der Waals surface area contributed by atoms with Gasteiger partial charge in [0.1, 0.15) is 11.2 Å². The van der Waals surface area contributed by atoms with Crippen LogP contribution in [0.2, 0.25) is 0 Å². The standard InChI is InChI=1S/C68H48N2O2/c1-41-23-27-49(45-15-7-5-8-16-45)39-59(41)69(65-43(3)25-33-53-51-19-11-13-21-61(51)71-67(53)65)57-37-31-47-30-36-56-58(38-32-48-29-35-55(57)63(47)64(48)56)70(60-40-50(28-24-42(60)2)46-17-9-6-10-18-46)66-44(4)26-34-54-52-20-12-14-22-62(52)72-68(54)66/h5-40H,1-4H3. The number of nitrogens with zero attached hydrogens (tertiary/aromatic N) is 2. The molecule has 342 valence electrons. The van der Waals surface area contributed by atoms with Crippen LogP contribution in [0.4, 0.5) is 34.1 Å². The van der Waals surface area contributed by atoms with Gasteiger partial charge in [-0.2, -0.15) is 0 Å². The third kappa shape index (κ3) is 6.39. The Labute approximate surface area is 417 Å². The first-order valence-corrected chi connectivity index (χ1v) is 24.8. The Hall–Kier alpha value is -9.12. The summed E-state index contributed by atoms with van der Waals surface area (Å²) >= 11 is 0. The highest BCUT2D eigenvalue weighted by Gasteiger charge is 2.29. The van der Waals surface area contributed by atoms with Crippen LogP contribution >= 0.6 is 0 Å². The van der Waals surface area contributed by atoms with Crippen LogP contribution in [0, 0.1) is 27.7 Å². The fourth-order valence-electron chi connectivity index (χ4n) is 11.5. The van der Waals surface area contributed by atoms with Crippen molar-refractivity contribution < 1.29 is 8.83 Å². The molecule has 4 heteroatoms. The molecular formula is C68H48N2O2. The van der Waals surface area contributed by atoms with Gasteiger partial charge in [0, 0.05) is 43.7 Å². The molecule has 0 saturated carbocycles. The quantitative estimate of drug-likeness (QED) is 0.142. The summed E-state index contributed by atoms with van der Waals surface area (Å²) in [5.74, 6) is 0. The van der Waals surface area contributed by atoms with E-state index in [1.165, 1.54) is 32.7 Å². The second-order valence-electron chi connectivity index (χ2n) is 19.4. The average Bonchev–Trinajstić information content (AvgIpc) is 4.00. The molecule has 0 bridgehead atoms. The van der Waals surface area contributed by atoms with Gasteiger partial charge in [0.15, 0.2) is 11.2 Å². The monoisotopic (exact) mass is 924 g/mol. The Morgan fingerprint density at radius 1 is 0.278 bits per heavy atom. The van der Waals surface area contributed by atoms with Crippen molar-refractivity contribution in [3.05, 3.63) is 241 Å². The van der Waals surface area contributed by atoms with Gasteiger partial charge in [-0.15, -0.1) is 0 Å². The van der Waals surface area contributed by atoms with Crippen molar-refractivity contribution in [2.45, 2.75) is 27.7 Å². The van der Waals surface area contributed by atoms with E-state index in [9.17, 15) is 0 Å². The van der Waals surface area contributed by atoms with Gasteiger partial charge >= 0.3 is 0 Å². The number of furan rings is 2. The molecule has 0 radical (unpaired) electrons. The third-order valence-electron chi connectivity index (χ3n) is 15.1. The lowest BCUT2D eigenvalue weighted by atomic mass is 9.91. The summed E-state index contributed by atoms with van der Waals surface area (Å²) in [5.41, 5.74) is 19.1. The van der Waals surface area contributed by atoms with Gasteiger partial charge < -0.3 is 18.6 Å². The molecule has 2 aromatic heterocycles. The molecule has 4 nitrogen and oxygen atoms in total. The summed E-state index contributed by atoms with van der Waals surface area (Å²) < 4.78 is 13.9. The number of rotatable bonds is 8. The predicted molar refractivity (Wildman–Crippen MR) is 304 cm³/mol. The smallest absolute Gasteiger partial charge is 0.159 e. The molecule has 0 aliphatic rings. The van der Waals surface area contributed by atoms with Crippen LogP contribution in [0.1, 0.15) is 22.3 Å². The molecule has 0 N–H and O–H groups in total. The molecular weight excluding hydrogens is 877 g/mol. The molecule has 0 spiro atoms. The maximum Gasteiger partial charge on any atom is 0.159 e. The highest BCUT2D eigenvalue weighted by atomic mass is 16.3. The fraction of sp³-hybridized carbons (Fsp3) is 0.0588. The number of hydrogen-bond acceptors (Lipinski definition) is 4. The van der Waals surface area contributed by atoms with E-state index in [2.05, 4.69) is 256 Å². The van der Waals surface area contributed by atoms with Gasteiger partial charge in [-0.3, -0.25) is 0 Å². The van der Waals surface area contributed by atoms with E-state index in [0.29, 0.717) is 0 Å². The summed E-state index contributed by atoms with van der Waals surface area (Å²) in [6, 6.07) is 79.3. The number of aryl methyl sites for hydroxylation is 4. The van der Waals surface area contributed by atoms with Crippen molar-refractivity contribution in [2.75, 3.05) is 9.80 Å². The van der Waals surface area contributed by atoms with E-state index in [4.69, 9.17) is 8.83 Å². The lowest BCUT2D eigenvalue weighted by molar-refractivity contribution is 0.668. The van der Waals surface area contributed by atoms with Gasteiger partial charge in [0.05, 0.1) is 22.7 Å². The maximum absolute atomic E-state index is 6.95. The largest absolute Gasteiger partial charge is 0.454 e. The summed E-state index contributed by atoms with van der Waals surface area (Å²) in [7, 11) is 0. The molecule has 12 aromatic carbocycles. The first-order valence-electron chi connectivity index (χ1n) is 24.8. The lowest BCUT2D eigenvalue weighted by Crippen LogP contribution is -2.14. The fourth-order valence-corrected chi connectivity index (χ4v) is 11.5. The van der Waals surface area contributed by atoms with Gasteiger partial charge in [0.2, 0.25) is 0 Å². The number of para-hydroxylation sites is 2. The van der Waals surface area contributed by atoms with Gasteiger partial charge in [-0.05, 0) is 130 Å². The minimum Gasteiger partial charge on any atom is -0.454 e. The average molecular weight is 925 g/mol. The lowest BCUT2D eigenvalue weighted by Gasteiger charge is -2.32. The van der Waals surface area contributed by atoms with Crippen LogP contribution in [-0.4, -0.2) is 0 Å². The minimum absolute atomic E-state index is 0.868. The predicted octanol–water partition coefficient (Wildman–Crippen LogP) is 19.9. The number of fused-ring (bicyclic) bond motifs is 6. The number of anilines is 6. The van der Waals surface area contributed by atoms with Crippen LogP contribution in [-0.2, 0) is 0 Å². The van der Waals surface area contributed by atoms with Crippen molar-refractivity contribution in [3.8, 4) is 22.3 Å². The second kappa shape index (κ2) is 16.2. The molecule has 0 unspecified atom stereocenters. The first kappa shape index (κ1) is 41.8. The van der Waals surface area contributed by atoms with E-state index in [1.54, 1.807) is 0 Å². The molecule has 0 aliphatic carbocycles. The van der Waals surface area contributed by atoms with Crippen molar-refractivity contribution in [1.82, 2.24) is 0 Å². The Morgan fingerprint density at radius 2 is 0.653 bits per heavy atom. The number of benzene rings is 12. The molecule has 0 atom stereocenters. The van der Waals surface area contributed by atoms with Crippen molar-refractivity contribution in [3.63, 3.8) is 0 Å². The van der Waals surface area contributed by atoms with Crippen LogP contribution in [0.5, 0.6) is 0 Å². The topological polar surface area (TPSA) is 32.8 Å². The Kier molecular flexibility index (Phi) is 9.43. The molecule has 0 amide bonds. The molecule has 14 aromatic rings. The summed E-state index contributed by atoms with van der Waals surface area (Å²) in [4.78, 5) is 4.95. The molecule has 2 heterocycles. The Bertz CT molecular complexity index is 4160. The summed E-state index contributed by atoms with van der Waals surface area (Å²) in [6.45, 7) is 8.87. The van der Waals surface area contributed by atoms with E-state index in [1.807, 2.05) is 0 Å². The maximum atomic E-state index is 6.95. The van der Waals surface area contributed by atoms with Crippen molar-refractivity contribution in [1.29, 1.82) is 0 Å². The summed E-state index contributed by atoms with van der Waals surface area (Å²) in [6.07, 6.45) is 0. The zero-order valence-electron chi connectivity index (χ0n) is 40.5. The molecule has 14 rings (SSSR count). The van der Waals surface area contributed by atoms with Crippen LogP contribution in [0.15, 0.2) is 227 Å². The highest BCUT2D eigenvalue weighted by Crippen LogP contribution is 2.53. The molecule has 0 fully saturated rings. The molecule has 0 aliphatic heterocycles. The van der Waals surface area contributed by atoms with Gasteiger partial charge in [-0.1, -0.05) is 182 Å². The SMILES string of the molecule is Cc1ccc(-c2ccccc2)cc1N(c1ccc2ccc3c(N(c4cc(-c5ccccc5)ccc4C)c4c(C)ccc5c4oc4ccccc45)ccc4ccc1c2c43)c1c(C)ccc2c1oc1ccccc12. The van der Waals surface area contributed by atoms with E-state index in [0.717, 1.165) is 122 Å². The second-order valence-corrected chi connectivity index (χ2v) is 19.4. The zero-order valence-corrected chi connectivity index (χ0v) is 40.5. The highest BCUT2D eigenvalue weighted by molar-refractivity contribution is 6.29. The number of hydrogen-bond donors (Lipinski definition) is 0. The van der Waals surface area contributed by atoms with E-state index < -0.39 is 0 Å². The van der Waals surface area contributed by atoms with Crippen molar-refractivity contribution in [2.24, 2.45) is 0 Å². The van der Waals surface area contributed by atoms with Crippen LogP contribution < -0.4 is 9.80 Å². The van der Waals surface area contributed by atoms with Gasteiger partial charge in [0.25, 0.3) is 0 Å². The first-order chi connectivity index (χ1) is 35.4. The normalized spacial score (nSPS) is 11.9. The van der Waals surface area contributed by atoms with Crippen molar-refractivity contribution >= 4 is 110 Å². The van der Waals surface area contributed by atoms with Crippen LogP contribution in [0.3, 0.4) is 0 Å². The van der Waals surface area contributed by atoms with Crippen LogP contribution in [0.25, 0.3) is 98.4 Å². The summed E-state index contributed by atoms with van der Waals surface area (Å²) in [5, 5.41) is 11.5. The van der Waals surface area contributed by atoms with Gasteiger partial charge in [-0.25, -0.2) is 0 Å². The van der Waals surface area contributed by atoms with E-state index in [-0.39, 0.29) is 0 Å².